The predicted octanol–water partition coefficient (Wildman–Crippen LogP) is 8.87. The Bertz CT molecular complexity index is 1080. The third-order valence-electron chi connectivity index (χ3n) is 10.9. The molecule has 2 aliphatic carbocycles. The number of unbranched alkanes of at least 4 members (excludes halogenated alkanes) is 2. The zero-order chi connectivity index (χ0) is 32.8. The van der Waals surface area contributed by atoms with E-state index in [1.807, 2.05) is 0 Å². The Morgan fingerprint density at radius 3 is 2.00 bits per heavy atom. The van der Waals surface area contributed by atoms with Crippen molar-refractivity contribution in [2.24, 2.45) is 23.7 Å². The highest BCUT2D eigenvalue weighted by Crippen LogP contribution is 2.44. The van der Waals surface area contributed by atoms with Crippen LogP contribution in [0, 0.1) is 23.7 Å². The fourth-order valence-electron chi connectivity index (χ4n) is 7.63. The highest BCUT2D eigenvalue weighted by Gasteiger charge is 2.31. The third-order valence-corrected chi connectivity index (χ3v) is 14.4. The van der Waals surface area contributed by atoms with Crippen LogP contribution in [0.25, 0.3) is 0 Å². The lowest BCUT2D eigenvalue weighted by Gasteiger charge is -2.38. The van der Waals surface area contributed by atoms with Gasteiger partial charge in [0.2, 0.25) is 0 Å². The number of benzene rings is 1. The smallest absolute Gasteiger partial charge is 0.335 e. The predicted molar refractivity (Wildman–Crippen MR) is 188 cm³/mol. The molecular weight excluding hydrogens is 577 g/mol. The van der Waals surface area contributed by atoms with Crippen LogP contribution in [-0.2, 0) is 19.1 Å². The molecule has 0 aromatic heterocycles. The summed E-state index contributed by atoms with van der Waals surface area (Å²) in [5.74, 6) is 2.48. The van der Waals surface area contributed by atoms with E-state index in [2.05, 4.69) is 57.4 Å². The van der Waals surface area contributed by atoms with Crippen molar-refractivity contribution in [3.05, 3.63) is 54.1 Å². The minimum atomic E-state index is -1.68. The van der Waals surface area contributed by atoms with Gasteiger partial charge < -0.3 is 14.6 Å². The largest absolute Gasteiger partial charge is 0.462 e. The molecule has 0 amide bonds. The number of rotatable bonds is 18. The van der Waals surface area contributed by atoms with Crippen molar-refractivity contribution in [1.29, 1.82) is 0 Å². The van der Waals surface area contributed by atoms with Crippen LogP contribution in [0.5, 0.6) is 0 Å². The molecule has 1 N–H and O–H groups in total. The zero-order valence-corrected chi connectivity index (χ0v) is 29.9. The number of hydrogen-bond donors (Lipinski definition) is 1. The summed E-state index contributed by atoms with van der Waals surface area (Å²) in [6.07, 6.45) is 18.8. The van der Waals surface area contributed by atoms with Crippen LogP contribution in [-0.4, -0.2) is 44.9 Å². The summed E-state index contributed by atoms with van der Waals surface area (Å²) in [5.41, 5.74) is 1.89. The lowest BCUT2D eigenvalue weighted by Crippen LogP contribution is -2.41. The van der Waals surface area contributed by atoms with Gasteiger partial charge in [0, 0.05) is 11.5 Å². The van der Waals surface area contributed by atoms with E-state index in [9.17, 15) is 9.59 Å². The Morgan fingerprint density at radius 1 is 0.867 bits per heavy atom. The summed E-state index contributed by atoms with van der Waals surface area (Å²) < 4.78 is 10.7. The molecule has 0 saturated heterocycles. The normalized spacial score (nSPS) is 22.8. The van der Waals surface area contributed by atoms with Crippen molar-refractivity contribution in [3.63, 3.8) is 0 Å². The van der Waals surface area contributed by atoms with Crippen LogP contribution in [0.2, 0.25) is 19.1 Å². The second kappa shape index (κ2) is 18.8. The van der Waals surface area contributed by atoms with Crippen LogP contribution in [0.4, 0.5) is 0 Å². The summed E-state index contributed by atoms with van der Waals surface area (Å²) >= 11 is 0. The summed E-state index contributed by atoms with van der Waals surface area (Å²) in [6.45, 7) is 15.8. The molecule has 0 heterocycles. The molecule has 2 saturated carbocycles. The molecule has 45 heavy (non-hydrogen) atoms. The first kappa shape index (κ1) is 37.3. The van der Waals surface area contributed by atoms with Gasteiger partial charge in [-0.2, -0.15) is 0 Å². The molecule has 0 radical (unpaired) electrons. The average molecular weight is 639 g/mol. The SMILES string of the molecule is C=C(C)C(=O)OCC(CCC[Si](C)(C)c1ccc(C2CCC(C3CCC(CCCCC)CC3)CC2)cc1)COC(=O)C(=C)CO. The lowest BCUT2D eigenvalue weighted by atomic mass is 9.68. The van der Waals surface area contributed by atoms with Crippen LogP contribution in [0.1, 0.15) is 115 Å². The Kier molecular flexibility index (Phi) is 15.6. The number of carbonyl (C=O) groups is 2. The molecule has 2 aliphatic rings. The average Bonchev–Trinajstić information content (AvgIpc) is 3.05. The highest BCUT2D eigenvalue weighted by molar-refractivity contribution is 6.89. The van der Waals surface area contributed by atoms with Gasteiger partial charge in [0.15, 0.2) is 0 Å². The molecule has 252 valence electrons. The summed E-state index contributed by atoms with van der Waals surface area (Å²) in [4.78, 5) is 24.0. The van der Waals surface area contributed by atoms with Gasteiger partial charge >= 0.3 is 11.9 Å². The first-order valence-corrected chi connectivity index (χ1v) is 21.1. The Hall–Kier alpha value is -2.18. The fraction of sp³-hybridized carbons (Fsp3) is 0.692. The standard InChI is InChI=1S/C39H62O5Si/c1-7-8-9-11-31-13-15-33(16-14-31)34-17-19-35(20-18-34)36-21-23-37(24-22-36)45(5,6)25-10-12-32(27-43-38(41)29(2)3)28-44-39(42)30(4)26-40/h21-24,31-35,40H,2,4,7-20,25-28H2,1,3,5-6H3. The number of esters is 2. The van der Waals surface area contributed by atoms with Crippen LogP contribution < -0.4 is 5.19 Å². The Labute approximate surface area is 275 Å². The second-order valence-corrected chi connectivity index (χ2v) is 19.7. The molecule has 2 fully saturated rings. The summed E-state index contributed by atoms with van der Waals surface area (Å²) in [6, 6.07) is 10.7. The van der Waals surface area contributed by atoms with Crippen molar-refractivity contribution in [2.75, 3.05) is 19.8 Å². The molecule has 3 rings (SSSR count). The molecule has 0 spiro atoms. The second-order valence-electron chi connectivity index (χ2n) is 14.9. The van der Waals surface area contributed by atoms with Crippen molar-refractivity contribution in [2.45, 2.75) is 129 Å². The maximum atomic E-state index is 12.0. The number of hydrogen-bond acceptors (Lipinski definition) is 5. The third kappa shape index (κ3) is 12.2. The van der Waals surface area contributed by atoms with Crippen molar-refractivity contribution >= 4 is 25.2 Å². The van der Waals surface area contributed by atoms with E-state index >= 15 is 0 Å². The lowest BCUT2D eigenvalue weighted by molar-refractivity contribution is -0.144. The van der Waals surface area contributed by atoms with Gasteiger partial charge in [-0.15, -0.1) is 0 Å². The number of aliphatic hydroxyl groups excluding tert-OH is 1. The van der Waals surface area contributed by atoms with Crippen molar-refractivity contribution < 1.29 is 24.2 Å². The molecule has 1 aromatic carbocycles. The van der Waals surface area contributed by atoms with Gasteiger partial charge in [-0.1, -0.05) is 114 Å². The maximum absolute atomic E-state index is 12.0. The Morgan fingerprint density at radius 2 is 1.44 bits per heavy atom. The molecule has 6 heteroatoms. The van der Waals surface area contributed by atoms with Crippen molar-refractivity contribution in [3.8, 4) is 0 Å². The van der Waals surface area contributed by atoms with E-state index < -0.39 is 26.6 Å². The molecular formula is C39H62O5Si. The molecule has 1 aromatic rings. The minimum Gasteiger partial charge on any atom is -0.462 e. The van der Waals surface area contributed by atoms with Gasteiger partial charge in [-0.05, 0) is 81.1 Å². The topological polar surface area (TPSA) is 72.8 Å². The first-order valence-electron chi connectivity index (χ1n) is 17.9. The van der Waals surface area contributed by atoms with Crippen LogP contribution >= 0.6 is 0 Å². The van der Waals surface area contributed by atoms with Gasteiger partial charge in [-0.3, -0.25) is 0 Å². The van der Waals surface area contributed by atoms with E-state index in [4.69, 9.17) is 14.6 Å². The van der Waals surface area contributed by atoms with E-state index in [1.165, 1.54) is 87.8 Å². The van der Waals surface area contributed by atoms with Gasteiger partial charge in [-0.25, -0.2) is 9.59 Å². The molecule has 1 atom stereocenters. The van der Waals surface area contributed by atoms with E-state index in [1.54, 1.807) is 6.92 Å². The number of ether oxygens (including phenoxy) is 2. The highest BCUT2D eigenvalue weighted by atomic mass is 28.3. The van der Waals surface area contributed by atoms with E-state index in [0.717, 1.165) is 36.6 Å². The zero-order valence-electron chi connectivity index (χ0n) is 28.9. The minimum absolute atomic E-state index is 0.0214. The van der Waals surface area contributed by atoms with E-state index in [-0.39, 0.29) is 24.7 Å². The van der Waals surface area contributed by atoms with Gasteiger partial charge in [0.1, 0.15) is 0 Å². The fourth-order valence-corrected chi connectivity index (χ4v) is 10.1. The van der Waals surface area contributed by atoms with Gasteiger partial charge in [0.25, 0.3) is 0 Å². The maximum Gasteiger partial charge on any atom is 0.335 e. The number of carbonyl (C=O) groups excluding carboxylic acids is 2. The van der Waals surface area contributed by atoms with Crippen LogP contribution in [0.3, 0.4) is 0 Å². The summed E-state index contributed by atoms with van der Waals surface area (Å²) in [5, 5.41) is 10.6. The van der Waals surface area contributed by atoms with Gasteiger partial charge in [0.05, 0.1) is 33.5 Å². The summed E-state index contributed by atoms with van der Waals surface area (Å²) in [7, 11) is -1.68. The van der Waals surface area contributed by atoms with E-state index in [0.29, 0.717) is 11.5 Å². The number of aliphatic hydroxyl groups is 1. The van der Waals surface area contributed by atoms with Crippen molar-refractivity contribution in [1.82, 2.24) is 0 Å². The van der Waals surface area contributed by atoms with Crippen LogP contribution in [0.15, 0.2) is 48.6 Å². The molecule has 5 nitrogen and oxygen atoms in total. The quantitative estimate of drug-likeness (QED) is 0.0753. The molecule has 0 aliphatic heterocycles. The first-order chi connectivity index (χ1) is 21.5. The Balaban J connectivity index is 1.45. The molecule has 0 bridgehead atoms. The monoisotopic (exact) mass is 638 g/mol. The molecule has 1 unspecified atom stereocenters.